The van der Waals surface area contributed by atoms with Crippen LogP contribution in [0.15, 0.2) is 48.0 Å². The van der Waals surface area contributed by atoms with Gasteiger partial charge in [-0.3, -0.25) is 4.79 Å². The second-order valence-corrected chi connectivity index (χ2v) is 5.78. The van der Waals surface area contributed by atoms with E-state index in [1.54, 1.807) is 18.2 Å². The average molecular weight is 307 g/mol. The number of rotatable bonds is 4. The molecule has 3 nitrogen and oxygen atoms in total. The first-order chi connectivity index (χ1) is 11.1. The van der Waals surface area contributed by atoms with Crippen LogP contribution in [0.5, 0.6) is 5.75 Å². The van der Waals surface area contributed by atoms with Crippen molar-refractivity contribution in [1.82, 2.24) is 0 Å². The summed E-state index contributed by atoms with van der Waals surface area (Å²) < 4.78 is 0. The quantitative estimate of drug-likeness (QED) is 0.866. The third-order valence-corrected chi connectivity index (χ3v) is 4.37. The number of ketones is 1. The van der Waals surface area contributed by atoms with E-state index in [1.165, 1.54) is 5.69 Å². The fraction of sp³-hybridized carbons (Fsp3) is 0.250. The van der Waals surface area contributed by atoms with Gasteiger partial charge in [0.05, 0.1) is 0 Å². The fourth-order valence-corrected chi connectivity index (χ4v) is 3.09. The van der Waals surface area contributed by atoms with E-state index >= 15 is 0 Å². The molecule has 1 N–H and O–H groups in total. The van der Waals surface area contributed by atoms with Crippen molar-refractivity contribution in [3.8, 4) is 5.75 Å². The van der Waals surface area contributed by atoms with Gasteiger partial charge in [0.2, 0.25) is 0 Å². The maximum atomic E-state index is 12.4. The molecule has 3 heteroatoms. The molecule has 0 unspecified atom stereocenters. The summed E-state index contributed by atoms with van der Waals surface area (Å²) in [5.41, 5.74) is 4.61. The van der Waals surface area contributed by atoms with Crippen LogP contribution in [-0.4, -0.2) is 24.0 Å². The number of phenols is 1. The Morgan fingerprint density at radius 2 is 1.78 bits per heavy atom. The minimum atomic E-state index is 0.0628. The number of anilines is 1. The first-order valence-electron chi connectivity index (χ1n) is 8.04. The predicted molar refractivity (Wildman–Crippen MR) is 94.1 cm³/mol. The molecular formula is C20H21NO2. The van der Waals surface area contributed by atoms with Crippen molar-refractivity contribution in [2.45, 2.75) is 20.3 Å². The average Bonchev–Trinajstić information content (AvgIpc) is 2.85. The zero-order valence-electron chi connectivity index (χ0n) is 13.5. The summed E-state index contributed by atoms with van der Waals surface area (Å²) in [5, 5.41) is 9.55. The molecule has 0 saturated heterocycles. The Bertz CT molecular complexity index is 756. The standard InChI is InChI=1S/C20H21NO2/c1-3-21(4-2)17-7-5-14(6-8-17)11-16-12-15-13-18(22)9-10-19(15)20(16)23/h5-11,13,22H,3-4,12H2,1-2H3. The maximum Gasteiger partial charge on any atom is 0.189 e. The van der Waals surface area contributed by atoms with Crippen molar-refractivity contribution in [3.63, 3.8) is 0 Å². The van der Waals surface area contributed by atoms with Crippen LogP contribution in [-0.2, 0) is 6.42 Å². The molecule has 2 aromatic carbocycles. The smallest absolute Gasteiger partial charge is 0.189 e. The van der Waals surface area contributed by atoms with Crippen LogP contribution in [0.25, 0.3) is 6.08 Å². The highest BCUT2D eigenvalue weighted by molar-refractivity contribution is 6.15. The molecule has 2 aromatic rings. The number of aromatic hydroxyl groups is 1. The molecule has 0 bridgehead atoms. The number of allylic oxidation sites excluding steroid dienone is 1. The van der Waals surface area contributed by atoms with Crippen molar-refractivity contribution in [2.75, 3.05) is 18.0 Å². The topological polar surface area (TPSA) is 40.5 Å². The van der Waals surface area contributed by atoms with E-state index in [9.17, 15) is 9.90 Å². The number of hydrogen-bond donors (Lipinski definition) is 1. The van der Waals surface area contributed by atoms with Crippen molar-refractivity contribution in [2.24, 2.45) is 0 Å². The maximum absolute atomic E-state index is 12.4. The number of carbonyl (C=O) groups is 1. The fourth-order valence-electron chi connectivity index (χ4n) is 3.09. The van der Waals surface area contributed by atoms with Crippen LogP contribution in [0.4, 0.5) is 5.69 Å². The van der Waals surface area contributed by atoms with E-state index in [-0.39, 0.29) is 11.5 Å². The highest BCUT2D eigenvalue weighted by Crippen LogP contribution is 2.30. The predicted octanol–water partition coefficient (Wildman–Crippen LogP) is 4.06. The number of nitrogens with zero attached hydrogens (tertiary/aromatic N) is 1. The van der Waals surface area contributed by atoms with Gasteiger partial charge in [0.15, 0.2) is 5.78 Å². The van der Waals surface area contributed by atoms with Crippen LogP contribution >= 0.6 is 0 Å². The Morgan fingerprint density at radius 1 is 1.09 bits per heavy atom. The number of phenolic OH excluding ortho intramolecular Hbond substituents is 1. The highest BCUT2D eigenvalue weighted by atomic mass is 16.3. The third-order valence-electron chi connectivity index (χ3n) is 4.37. The molecule has 0 fully saturated rings. The molecule has 0 heterocycles. The number of fused-ring (bicyclic) bond motifs is 1. The van der Waals surface area contributed by atoms with Gasteiger partial charge in [0.25, 0.3) is 0 Å². The van der Waals surface area contributed by atoms with Gasteiger partial charge in [-0.15, -0.1) is 0 Å². The molecule has 1 aliphatic carbocycles. The van der Waals surface area contributed by atoms with Gasteiger partial charge in [0.1, 0.15) is 5.75 Å². The van der Waals surface area contributed by atoms with Crippen LogP contribution in [0.2, 0.25) is 0 Å². The highest BCUT2D eigenvalue weighted by Gasteiger charge is 2.24. The monoisotopic (exact) mass is 307 g/mol. The van der Waals surface area contributed by atoms with E-state index in [4.69, 9.17) is 0 Å². The Labute approximate surface area is 136 Å². The van der Waals surface area contributed by atoms with Crippen LogP contribution in [0.1, 0.15) is 35.3 Å². The van der Waals surface area contributed by atoms with Crippen molar-refractivity contribution in [3.05, 3.63) is 64.7 Å². The van der Waals surface area contributed by atoms with E-state index in [0.717, 1.165) is 29.8 Å². The van der Waals surface area contributed by atoms with E-state index < -0.39 is 0 Å². The summed E-state index contributed by atoms with van der Waals surface area (Å²) in [5.74, 6) is 0.272. The van der Waals surface area contributed by atoms with E-state index in [1.807, 2.05) is 18.2 Å². The molecule has 0 aromatic heterocycles. The molecule has 0 spiro atoms. The molecule has 1 aliphatic rings. The molecule has 23 heavy (non-hydrogen) atoms. The lowest BCUT2D eigenvalue weighted by atomic mass is 10.1. The molecule has 0 amide bonds. The Morgan fingerprint density at radius 3 is 2.43 bits per heavy atom. The second-order valence-electron chi connectivity index (χ2n) is 5.78. The summed E-state index contributed by atoms with van der Waals surface area (Å²) in [6, 6.07) is 13.2. The lowest BCUT2D eigenvalue weighted by Crippen LogP contribution is -2.21. The third kappa shape index (κ3) is 3.00. The van der Waals surface area contributed by atoms with Gasteiger partial charge in [-0.2, -0.15) is 0 Å². The summed E-state index contributed by atoms with van der Waals surface area (Å²) in [4.78, 5) is 14.7. The Kier molecular flexibility index (Phi) is 4.20. The molecule has 118 valence electrons. The Balaban J connectivity index is 1.84. The normalized spacial score (nSPS) is 15.0. The van der Waals surface area contributed by atoms with Gasteiger partial charge < -0.3 is 10.0 Å². The first kappa shape index (κ1) is 15.3. The van der Waals surface area contributed by atoms with E-state index in [0.29, 0.717) is 12.0 Å². The lowest BCUT2D eigenvalue weighted by molar-refractivity contribution is 0.104. The number of Topliss-reactive ketones (excluding diaryl/α,β-unsaturated/α-hetero) is 1. The summed E-state index contributed by atoms with van der Waals surface area (Å²) in [6.07, 6.45) is 2.53. The number of carbonyl (C=O) groups excluding carboxylic acids is 1. The summed E-state index contributed by atoms with van der Waals surface area (Å²) in [6.45, 7) is 6.24. The lowest BCUT2D eigenvalue weighted by Gasteiger charge is -2.20. The SMILES string of the molecule is CCN(CC)c1ccc(C=C2Cc3cc(O)ccc3C2=O)cc1. The second kappa shape index (κ2) is 6.29. The zero-order chi connectivity index (χ0) is 16.4. The van der Waals surface area contributed by atoms with E-state index in [2.05, 4.69) is 30.9 Å². The first-order valence-corrected chi connectivity index (χ1v) is 8.04. The zero-order valence-corrected chi connectivity index (χ0v) is 13.5. The number of hydrogen-bond acceptors (Lipinski definition) is 3. The summed E-state index contributed by atoms with van der Waals surface area (Å²) in [7, 11) is 0. The molecular weight excluding hydrogens is 286 g/mol. The minimum Gasteiger partial charge on any atom is -0.508 e. The van der Waals surface area contributed by atoms with Gasteiger partial charge in [-0.05, 0) is 61.4 Å². The molecule has 3 rings (SSSR count). The van der Waals surface area contributed by atoms with Gasteiger partial charge >= 0.3 is 0 Å². The van der Waals surface area contributed by atoms with Crippen LogP contribution in [0.3, 0.4) is 0 Å². The molecule has 0 radical (unpaired) electrons. The molecule has 0 atom stereocenters. The van der Waals surface area contributed by atoms with Gasteiger partial charge in [-0.1, -0.05) is 12.1 Å². The largest absolute Gasteiger partial charge is 0.508 e. The molecule has 0 saturated carbocycles. The summed E-state index contributed by atoms with van der Waals surface area (Å²) >= 11 is 0. The van der Waals surface area contributed by atoms with Gasteiger partial charge in [0, 0.05) is 36.3 Å². The molecule has 0 aliphatic heterocycles. The Hall–Kier alpha value is -2.55. The van der Waals surface area contributed by atoms with Gasteiger partial charge in [-0.25, -0.2) is 0 Å². The van der Waals surface area contributed by atoms with Crippen molar-refractivity contribution < 1.29 is 9.90 Å². The van der Waals surface area contributed by atoms with Crippen LogP contribution in [0, 0.1) is 0 Å². The minimum absolute atomic E-state index is 0.0628. The van der Waals surface area contributed by atoms with Crippen molar-refractivity contribution in [1.29, 1.82) is 0 Å². The van der Waals surface area contributed by atoms with Crippen LogP contribution < -0.4 is 4.90 Å². The van der Waals surface area contributed by atoms with Crippen molar-refractivity contribution >= 4 is 17.5 Å². The number of benzene rings is 2.